The van der Waals surface area contributed by atoms with Gasteiger partial charge in [0.1, 0.15) is 23.1 Å². The maximum atomic E-state index is 11.1. The molecule has 19 heavy (non-hydrogen) atoms. The number of aliphatic carboxylic acids is 1. The van der Waals surface area contributed by atoms with Crippen LogP contribution in [0.25, 0.3) is 0 Å². The summed E-state index contributed by atoms with van der Waals surface area (Å²) in [4.78, 5) is 11.1. The van der Waals surface area contributed by atoms with Gasteiger partial charge in [-0.15, -0.1) is 0 Å². The second-order valence-electron chi connectivity index (χ2n) is 4.85. The Hall–Kier alpha value is -1.75. The van der Waals surface area contributed by atoms with Crippen LogP contribution in [0, 0.1) is 0 Å². The van der Waals surface area contributed by atoms with Crippen molar-refractivity contribution in [3.05, 3.63) is 24.3 Å². The van der Waals surface area contributed by atoms with E-state index in [0.717, 1.165) is 5.75 Å². The van der Waals surface area contributed by atoms with Gasteiger partial charge >= 0.3 is 5.97 Å². The number of benzene rings is 1. The van der Waals surface area contributed by atoms with Crippen molar-refractivity contribution in [3.63, 3.8) is 0 Å². The molecule has 5 heteroatoms. The van der Waals surface area contributed by atoms with Crippen LogP contribution in [0.5, 0.6) is 11.5 Å². The fourth-order valence-electron chi connectivity index (χ4n) is 2.32. The van der Waals surface area contributed by atoms with Gasteiger partial charge in [-0.05, 0) is 31.9 Å². The molecule has 1 fully saturated rings. The Balaban J connectivity index is 1.99. The molecule has 3 N–H and O–H groups in total. The van der Waals surface area contributed by atoms with Crippen molar-refractivity contribution in [2.75, 3.05) is 6.61 Å². The molecule has 0 saturated heterocycles. The summed E-state index contributed by atoms with van der Waals surface area (Å²) in [5, 5.41) is 9.07. The van der Waals surface area contributed by atoms with Gasteiger partial charge < -0.3 is 20.3 Å². The van der Waals surface area contributed by atoms with E-state index in [0.29, 0.717) is 31.6 Å². The summed E-state index contributed by atoms with van der Waals surface area (Å²) in [6.07, 6.45) is 1.28. The Bertz CT molecular complexity index is 463. The van der Waals surface area contributed by atoms with E-state index in [1.165, 1.54) is 0 Å². The normalized spacial score (nSPS) is 26.1. The van der Waals surface area contributed by atoms with E-state index in [-0.39, 0.29) is 6.10 Å². The molecule has 1 aliphatic rings. The van der Waals surface area contributed by atoms with Crippen LogP contribution in [0.3, 0.4) is 0 Å². The van der Waals surface area contributed by atoms with Crippen LogP contribution in [0.4, 0.5) is 0 Å². The SMILES string of the molecule is CCOc1cccc(OC2CCC(N)(C(=O)O)C2)c1. The lowest BCUT2D eigenvalue weighted by Gasteiger charge is -2.19. The number of carboxylic acid groups (broad SMARTS) is 1. The van der Waals surface area contributed by atoms with Crippen molar-refractivity contribution < 1.29 is 19.4 Å². The molecule has 0 heterocycles. The van der Waals surface area contributed by atoms with Gasteiger partial charge in [0.2, 0.25) is 0 Å². The zero-order valence-electron chi connectivity index (χ0n) is 11.0. The fourth-order valence-corrected chi connectivity index (χ4v) is 2.32. The van der Waals surface area contributed by atoms with Crippen LogP contribution < -0.4 is 15.2 Å². The molecule has 1 aromatic carbocycles. The minimum absolute atomic E-state index is 0.155. The summed E-state index contributed by atoms with van der Waals surface area (Å²) in [5.74, 6) is 0.475. The molecule has 0 amide bonds. The Labute approximate surface area is 112 Å². The van der Waals surface area contributed by atoms with E-state index >= 15 is 0 Å². The first-order valence-electron chi connectivity index (χ1n) is 6.45. The summed E-state index contributed by atoms with van der Waals surface area (Å²) in [6.45, 7) is 2.51. The minimum Gasteiger partial charge on any atom is -0.494 e. The number of hydrogen-bond donors (Lipinski definition) is 2. The lowest BCUT2D eigenvalue weighted by molar-refractivity contribution is -0.143. The molecule has 2 rings (SSSR count). The standard InChI is InChI=1S/C14H19NO4/c1-2-18-10-4-3-5-11(8-10)19-12-6-7-14(15,9-12)13(16)17/h3-5,8,12H,2,6-7,9,15H2,1H3,(H,16,17). The van der Waals surface area contributed by atoms with Crippen molar-refractivity contribution in [1.29, 1.82) is 0 Å². The van der Waals surface area contributed by atoms with E-state index in [2.05, 4.69) is 0 Å². The van der Waals surface area contributed by atoms with Crippen molar-refractivity contribution >= 4 is 5.97 Å². The minimum atomic E-state index is -1.15. The number of hydrogen-bond acceptors (Lipinski definition) is 4. The molecule has 5 nitrogen and oxygen atoms in total. The summed E-state index contributed by atoms with van der Waals surface area (Å²) in [6, 6.07) is 7.35. The van der Waals surface area contributed by atoms with Crippen molar-refractivity contribution in [1.82, 2.24) is 0 Å². The van der Waals surface area contributed by atoms with Gasteiger partial charge in [0.25, 0.3) is 0 Å². The lowest BCUT2D eigenvalue weighted by Crippen LogP contribution is -2.46. The smallest absolute Gasteiger partial charge is 0.323 e. The number of nitrogens with two attached hydrogens (primary N) is 1. The maximum absolute atomic E-state index is 11.1. The third-order valence-electron chi connectivity index (χ3n) is 3.35. The zero-order valence-corrected chi connectivity index (χ0v) is 11.0. The van der Waals surface area contributed by atoms with Gasteiger partial charge in [-0.3, -0.25) is 4.79 Å². The molecule has 0 bridgehead atoms. The summed E-state index contributed by atoms with van der Waals surface area (Å²) in [7, 11) is 0. The van der Waals surface area contributed by atoms with Gasteiger partial charge in [-0.1, -0.05) is 6.07 Å². The van der Waals surface area contributed by atoms with Gasteiger partial charge in [0, 0.05) is 12.5 Å². The number of carboxylic acids is 1. The molecule has 104 valence electrons. The first-order chi connectivity index (χ1) is 9.03. The Kier molecular flexibility index (Phi) is 3.95. The number of rotatable bonds is 5. The maximum Gasteiger partial charge on any atom is 0.323 e. The Morgan fingerprint density at radius 1 is 1.53 bits per heavy atom. The first kappa shape index (κ1) is 13.7. The Morgan fingerprint density at radius 3 is 2.89 bits per heavy atom. The van der Waals surface area contributed by atoms with E-state index in [1.54, 1.807) is 6.07 Å². The topological polar surface area (TPSA) is 81.8 Å². The Morgan fingerprint density at radius 2 is 2.26 bits per heavy atom. The lowest BCUT2D eigenvalue weighted by atomic mass is 10.00. The number of ether oxygens (including phenoxy) is 2. The molecule has 2 atom stereocenters. The molecule has 0 spiro atoms. The second kappa shape index (κ2) is 5.48. The van der Waals surface area contributed by atoms with Crippen LogP contribution in [0.1, 0.15) is 26.2 Å². The van der Waals surface area contributed by atoms with E-state index in [9.17, 15) is 4.79 Å². The predicted molar refractivity (Wildman–Crippen MR) is 70.4 cm³/mol. The molecule has 1 saturated carbocycles. The fraction of sp³-hybridized carbons (Fsp3) is 0.500. The zero-order chi connectivity index (χ0) is 13.9. The van der Waals surface area contributed by atoms with Crippen molar-refractivity contribution in [2.24, 2.45) is 5.73 Å². The van der Waals surface area contributed by atoms with Gasteiger partial charge in [0.05, 0.1) is 6.61 Å². The molecular weight excluding hydrogens is 246 g/mol. The molecule has 1 aliphatic carbocycles. The van der Waals surface area contributed by atoms with Crippen LogP contribution in [0.15, 0.2) is 24.3 Å². The number of carbonyl (C=O) groups is 1. The quantitative estimate of drug-likeness (QED) is 0.848. The van der Waals surface area contributed by atoms with Crippen LogP contribution in [-0.2, 0) is 4.79 Å². The highest BCUT2D eigenvalue weighted by Crippen LogP contribution is 2.32. The van der Waals surface area contributed by atoms with E-state index < -0.39 is 11.5 Å². The van der Waals surface area contributed by atoms with E-state index in [4.69, 9.17) is 20.3 Å². The predicted octanol–water partition coefficient (Wildman–Crippen LogP) is 1.80. The highest BCUT2D eigenvalue weighted by Gasteiger charge is 2.43. The van der Waals surface area contributed by atoms with Gasteiger partial charge in [0.15, 0.2) is 0 Å². The van der Waals surface area contributed by atoms with Crippen LogP contribution >= 0.6 is 0 Å². The highest BCUT2D eigenvalue weighted by molar-refractivity contribution is 5.79. The monoisotopic (exact) mass is 265 g/mol. The molecule has 0 aromatic heterocycles. The molecule has 0 radical (unpaired) electrons. The van der Waals surface area contributed by atoms with Crippen LogP contribution in [-0.4, -0.2) is 29.3 Å². The third-order valence-corrected chi connectivity index (χ3v) is 3.35. The summed E-state index contributed by atoms with van der Waals surface area (Å²) < 4.78 is 11.2. The van der Waals surface area contributed by atoms with Crippen molar-refractivity contribution in [2.45, 2.75) is 37.8 Å². The summed E-state index contributed by atoms with van der Waals surface area (Å²) in [5.41, 5.74) is 4.67. The van der Waals surface area contributed by atoms with Crippen molar-refractivity contribution in [3.8, 4) is 11.5 Å². The van der Waals surface area contributed by atoms with Gasteiger partial charge in [-0.2, -0.15) is 0 Å². The highest BCUT2D eigenvalue weighted by atomic mass is 16.5. The second-order valence-corrected chi connectivity index (χ2v) is 4.85. The van der Waals surface area contributed by atoms with Gasteiger partial charge in [-0.25, -0.2) is 0 Å². The molecule has 2 unspecified atom stereocenters. The summed E-state index contributed by atoms with van der Waals surface area (Å²) >= 11 is 0. The average Bonchev–Trinajstić information content (AvgIpc) is 2.73. The molecular formula is C14H19NO4. The largest absolute Gasteiger partial charge is 0.494 e. The first-order valence-corrected chi connectivity index (χ1v) is 6.45. The van der Waals surface area contributed by atoms with E-state index in [1.807, 2.05) is 25.1 Å². The molecule has 0 aliphatic heterocycles. The molecule has 1 aromatic rings. The third kappa shape index (κ3) is 3.17. The average molecular weight is 265 g/mol. The van der Waals surface area contributed by atoms with Crippen LogP contribution in [0.2, 0.25) is 0 Å².